The number of aromatic amines is 1. The number of aliphatic hydroxyl groups is 2. The monoisotopic (exact) mass is 766 g/mol. The second-order valence-corrected chi connectivity index (χ2v) is 15.0. The number of thiophene rings is 2. The van der Waals surface area contributed by atoms with E-state index in [1.807, 2.05) is 11.9 Å². The molecule has 1 aliphatic carbocycles. The molecular weight excluding hydrogens is 727 g/mol. The van der Waals surface area contributed by atoms with Gasteiger partial charge in [0.25, 0.3) is 0 Å². The van der Waals surface area contributed by atoms with Crippen molar-refractivity contribution >= 4 is 51.1 Å². The molecule has 2 aromatic carbocycles. The summed E-state index contributed by atoms with van der Waals surface area (Å²) in [6, 6.07) is 14.7. The van der Waals surface area contributed by atoms with E-state index in [9.17, 15) is 38.5 Å². The molecule has 15 heteroatoms. The molecule has 1 saturated carbocycles. The molecular formula is C38H40F2N4O7S2. The zero-order valence-corrected chi connectivity index (χ0v) is 30.4. The van der Waals surface area contributed by atoms with Gasteiger partial charge < -0.3 is 40.6 Å². The minimum Gasteiger partial charge on any atom is -0.506 e. The minimum atomic E-state index is -1.86. The second-order valence-electron chi connectivity index (χ2n) is 13.1. The third kappa shape index (κ3) is 8.67. The van der Waals surface area contributed by atoms with Crippen molar-refractivity contribution in [3.8, 4) is 5.75 Å². The molecule has 0 saturated heterocycles. The molecule has 1 atom stereocenters. The maximum absolute atomic E-state index is 15.0. The summed E-state index contributed by atoms with van der Waals surface area (Å²) in [5.41, 5.74) is -1.94. The number of pyridine rings is 1. The number of aromatic hydroxyl groups is 1. The summed E-state index contributed by atoms with van der Waals surface area (Å²) < 4.78 is 35.8. The van der Waals surface area contributed by atoms with Crippen LogP contribution in [0.5, 0.6) is 5.75 Å². The molecule has 1 amide bonds. The lowest BCUT2D eigenvalue weighted by atomic mass is 9.91. The van der Waals surface area contributed by atoms with Crippen molar-refractivity contribution in [1.82, 2.24) is 15.2 Å². The van der Waals surface area contributed by atoms with E-state index < -0.39 is 40.8 Å². The molecule has 0 spiro atoms. The number of carbonyl (C=O) groups excluding carboxylic acids is 2. The molecule has 3 aromatic heterocycles. The van der Waals surface area contributed by atoms with Crippen molar-refractivity contribution in [2.45, 2.75) is 62.5 Å². The largest absolute Gasteiger partial charge is 0.506 e. The Labute approximate surface area is 311 Å². The number of aromatic nitrogens is 1. The first-order valence-corrected chi connectivity index (χ1v) is 18.9. The van der Waals surface area contributed by atoms with E-state index in [0.717, 1.165) is 12.1 Å². The van der Waals surface area contributed by atoms with Crippen LogP contribution in [0.2, 0.25) is 0 Å². The van der Waals surface area contributed by atoms with Crippen molar-refractivity contribution in [3.05, 3.63) is 114 Å². The summed E-state index contributed by atoms with van der Waals surface area (Å²) >= 11 is 2.58. The van der Waals surface area contributed by atoms with Gasteiger partial charge in [0, 0.05) is 55.2 Å². The third-order valence-corrected chi connectivity index (χ3v) is 11.6. The number of aliphatic hydroxyl groups excluding tert-OH is 1. The topological polar surface area (TPSA) is 164 Å². The molecule has 280 valence electrons. The minimum absolute atomic E-state index is 0.00340. The first-order chi connectivity index (χ1) is 25.4. The van der Waals surface area contributed by atoms with Crippen LogP contribution in [0.4, 0.5) is 14.5 Å². The second kappa shape index (κ2) is 16.7. The number of carbonyl (C=O) groups is 2. The van der Waals surface area contributed by atoms with Gasteiger partial charge in [-0.1, -0.05) is 18.2 Å². The average molecular weight is 767 g/mol. The van der Waals surface area contributed by atoms with Crippen molar-refractivity contribution in [2.75, 3.05) is 25.5 Å². The summed E-state index contributed by atoms with van der Waals surface area (Å²) in [6.45, 7) is 0.225. The summed E-state index contributed by atoms with van der Waals surface area (Å²) in [5.74, 6) is -2.86. The van der Waals surface area contributed by atoms with Crippen LogP contribution in [0.25, 0.3) is 10.9 Å². The van der Waals surface area contributed by atoms with Gasteiger partial charge in [-0.2, -0.15) is 0 Å². The predicted molar refractivity (Wildman–Crippen MR) is 199 cm³/mol. The number of amides is 1. The lowest BCUT2D eigenvalue weighted by Crippen LogP contribution is -2.42. The highest BCUT2D eigenvalue weighted by molar-refractivity contribution is 7.12. The van der Waals surface area contributed by atoms with Gasteiger partial charge in [0.1, 0.15) is 23.5 Å². The normalized spacial score (nSPS) is 16.9. The Morgan fingerprint density at radius 1 is 1.02 bits per heavy atom. The van der Waals surface area contributed by atoms with E-state index in [0.29, 0.717) is 52.9 Å². The first-order valence-electron chi connectivity index (χ1n) is 17.2. The molecule has 0 radical (unpaired) electrons. The molecule has 0 aliphatic heterocycles. The molecule has 5 aromatic rings. The Balaban J connectivity index is 0.948. The van der Waals surface area contributed by atoms with Crippen LogP contribution in [0, 0.1) is 11.6 Å². The number of anilines is 1. The van der Waals surface area contributed by atoms with Crippen LogP contribution in [-0.2, 0) is 26.5 Å². The van der Waals surface area contributed by atoms with Gasteiger partial charge in [0.2, 0.25) is 17.1 Å². The highest BCUT2D eigenvalue weighted by atomic mass is 32.1. The number of phenolic OH excluding ortho intramolecular Hbond substituents is 1. The predicted octanol–water partition coefficient (Wildman–Crippen LogP) is 5.51. The fraction of sp³-hybridized carbons (Fsp3) is 0.342. The van der Waals surface area contributed by atoms with E-state index in [-0.39, 0.29) is 54.2 Å². The van der Waals surface area contributed by atoms with Gasteiger partial charge in [0.05, 0.1) is 27.1 Å². The molecule has 53 heavy (non-hydrogen) atoms. The number of halogens is 2. The average Bonchev–Trinajstić information content (AvgIpc) is 3.89. The number of esters is 1. The third-order valence-electron chi connectivity index (χ3n) is 9.61. The van der Waals surface area contributed by atoms with Crippen molar-refractivity contribution in [2.24, 2.45) is 0 Å². The fourth-order valence-corrected chi connectivity index (χ4v) is 8.34. The van der Waals surface area contributed by atoms with Crippen molar-refractivity contribution in [3.63, 3.8) is 0 Å². The molecule has 6 N–H and O–H groups in total. The number of ether oxygens (including phenoxy) is 1. The van der Waals surface area contributed by atoms with Crippen LogP contribution in [0.15, 0.2) is 76.2 Å². The van der Waals surface area contributed by atoms with Crippen LogP contribution in [0.1, 0.15) is 59.1 Å². The quantitative estimate of drug-likeness (QED) is 0.0801. The standard InChI is InChI=1S/C38H40F2N4O7S2/c1-44(23-6-8-24(9-7-23)51-37(49)38(50,32-4-2-16-52-32)33-5-3-17-53-33)15-14-35(48)42-29-19-27(39)22(18-28(29)40)20-41-21-31(46)25-10-12-30(45)36-26(25)11-13-34(47)43-36/h2-5,10-13,16-19,23-24,31,41,45-46,50H,6-9,14-15,20-21H2,1H3,(H,42,48)(H,43,47)/t23?,24?,31-/m1/s1. The van der Waals surface area contributed by atoms with Crippen LogP contribution >= 0.6 is 22.7 Å². The van der Waals surface area contributed by atoms with Gasteiger partial charge >= 0.3 is 5.97 Å². The highest BCUT2D eigenvalue weighted by Crippen LogP contribution is 2.38. The molecule has 3 heterocycles. The lowest BCUT2D eigenvalue weighted by molar-refractivity contribution is -0.169. The van der Waals surface area contributed by atoms with E-state index in [4.69, 9.17) is 4.74 Å². The van der Waals surface area contributed by atoms with Gasteiger partial charge in [-0.3, -0.25) is 9.59 Å². The summed E-state index contributed by atoms with van der Waals surface area (Å²) in [4.78, 5) is 43.3. The maximum atomic E-state index is 15.0. The Kier molecular flexibility index (Phi) is 12.0. The molecule has 6 rings (SSSR count). The number of hydrogen-bond acceptors (Lipinski definition) is 11. The number of H-pyrrole nitrogens is 1. The molecule has 0 bridgehead atoms. The van der Waals surface area contributed by atoms with Gasteiger partial charge in [-0.05, 0) is 79.4 Å². The summed E-state index contributed by atoms with van der Waals surface area (Å²) in [7, 11) is 1.89. The number of benzene rings is 2. The Hall–Kier alpha value is -4.51. The highest BCUT2D eigenvalue weighted by Gasteiger charge is 2.45. The van der Waals surface area contributed by atoms with Crippen molar-refractivity contribution < 1.29 is 38.4 Å². The lowest BCUT2D eigenvalue weighted by Gasteiger charge is -2.35. The van der Waals surface area contributed by atoms with E-state index >= 15 is 0 Å². The molecule has 1 aliphatic rings. The van der Waals surface area contributed by atoms with Gasteiger partial charge in [-0.15, -0.1) is 22.7 Å². The number of hydrogen-bond donors (Lipinski definition) is 6. The Morgan fingerprint density at radius 2 is 1.72 bits per heavy atom. The zero-order valence-electron chi connectivity index (χ0n) is 28.8. The number of nitrogens with one attached hydrogen (secondary N) is 3. The van der Waals surface area contributed by atoms with E-state index in [1.165, 1.54) is 46.9 Å². The molecule has 0 unspecified atom stereocenters. The molecule has 1 fully saturated rings. The van der Waals surface area contributed by atoms with E-state index in [1.54, 1.807) is 35.0 Å². The van der Waals surface area contributed by atoms with Crippen molar-refractivity contribution in [1.29, 1.82) is 0 Å². The maximum Gasteiger partial charge on any atom is 0.349 e. The van der Waals surface area contributed by atoms with Crippen LogP contribution in [-0.4, -0.2) is 69.4 Å². The summed E-state index contributed by atoms with van der Waals surface area (Å²) in [6.07, 6.45) is 1.23. The molecule has 11 nitrogen and oxygen atoms in total. The number of fused-ring (bicyclic) bond motifs is 1. The van der Waals surface area contributed by atoms with Gasteiger partial charge in [0.15, 0.2) is 0 Å². The van der Waals surface area contributed by atoms with Gasteiger partial charge in [-0.25, -0.2) is 13.6 Å². The first kappa shape index (κ1) is 38.2. The van der Waals surface area contributed by atoms with Crippen LogP contribution < -0.4 is 16.2 Å². The number of rotatable bonds is 14. The SMILES string of the molecule is CN(CCC(=O)Nc1cc(F)c(CNC[C@@H](O)c2ccc(O)c3[nH]c(=O)ccc23)cc1F)C1CCC(OC(=O)C(O)(c2cccs2)c2cccs2)CC1. The fourth-order valence-electron chi connectivity index (χ4n) is 6.63. The smallest absolute Gasteiger partial charge is 0.349 e. The zero-order chi connectivity index (χ0) is 37.7. The number of phenols is 1. The van der Waals surface area contributed by atoms with Crippen LogP contribution in [0.3, 0.4) is 0 Å². The Morgan fingerprint density at radius 3 is 2.38 bits per heavy atom. The Bertz CT molecular complexity index is 2070. The van der Waals surface area contributed by atoms with E-state index in [2.05, 4.69) is 15.6 Å². The summed E-state index contributed by atoms with van der Waals surface area (Å²) in [5, 5.41) is 41.7. The number of nitrogens with zero attached hydrogens (tertiary/aromatic N) is 1.